The largest absolute Gasteiger partial charge is 0.491 e. The second-order valence-electron chi connectivity index (χ2n) is 8.06. The van der Waals surface area contributed by atoms with E-state index >= 15 is 0 Å². The number of benzene rings is 3. The topological polar surface area (TPSA) is 79.5 Å². The van der Waals surface area contributed by atoms with Gasteiger partial charge in [-0.3, -0.25) is 9.89 Å². The lowest BCUT2D eigenvalue weighted by Crippen LogP contribution is -2.13. The fraction of sp³-hybridized carbons (Fsp3) is 0.231. The van der Waals surface area contributed by atoms with E-state index in [0.717, 1.165) is 28.6 Å². The van der Waals surface area contributed by atoms with E-state index in [2.05, 4.69) is 20.4 Å². The van der Waals surface area contributed by atoms with Crippen LogP contribution in [-0.4, -0.2) is 48.3 Å². The molecule has 0 fully saturated rings. The number of H-pyrrole nitrogens is 1. The zero-order chi connectivity index (χ0) is 23.0. The van der Waals surface area contributed by atoms with Gasteiger partial charge in [0.25, 0.3) is 5.91 Å². The Balaban J connectivity index is 1.30. The molecule has 7 heteroatoms. The SMILES string of the molecule is CN(C)Cc1ccc(C(=O)Nc2n[nH]c3cc(OCCOCc4ccccc4)ccc23)cc1. The van der Waals surface area contributed by atoms with E-state index in [1.165, 1.54) is 0 Å². The van der Waals surface area contributed by atoms with Crippen molar-refractivity contribution in [3.63, 3.8) is 0 Å². The lowest BCUT2D eigenvalue weighted by Gasteiger charge is -2.10. The number of aromatic amines is 1. The standard InChI is InChI=1S/C26H28N4O3/c1-30(2)17-19-8-10-21(11-9-19)26(31)27-25-23-13-12-22(16-24(23)28-29-25)33-15-14-32-18-20-6-4-3-5-7-20/h3-13,16H,14-15,17-18H2,1-2H3,(H2,27,28,29,31). The first kappa shape index (κ1) is 22.5. The first-order valence-corrected chi connectivity index (χ1v) is 10.9. The Morgan fingerprint density at radius 2 is 1.76 bits per heavy atom. The van der Waals surface area contributed by atoms with Gasteiger partial charge in [-0.05, 0) is 49.5 Å². The molecular weight excluding hydrogens is 416 g/mol. The lowest BCUT2D eigenvalue weighted by molar-refractivity contribution is 0.0889. The summed E-state index contributed by atoms with van der Waals surface area (Å²) in [5.41, 5.74) is 3.66. The second-order valence-corrected chi connectivity index (χ2v) is 8.06. The number of nitrogens with one attached hydrogen (secondary N) is 2. The molecule has 0 saturated heterocycles. The fourth-order valence-electron chi connectivity index (χ4n) is 3.47. The fourth-order valence-corrected chi connectivity index (χ4v) is 3.47. The minimum atomic E-state index is -0.198. The average molecular weight is 445 g/mol. The Bertz CT molecular complexity index is 1190. The van der Waals surface area contributed by atoms with Crippen LogP contribution in [0.2, 0.25) is 0 Å². The van der Waals surface area contributed by atoms with Crippen LogP contribution in [0.25, 0.3) is 10.9 Å². The Morgan fingerprint density at radius 3 is 2.52 bits per heavy atom. The second kappa shape index (κ2) is 10.8. The third kappa shape index (κ3) is 6.19. The van der Waals surface area contributed by atoms with E-state index in [1.807, 2.05) is 86.9 Å². The van der Waals surface area contributed by atoms with Crippen LogP contribution in [0.3, 0.4) is 0 Å². The average Bonchev–Trinajstić information content (AvgIpc) is 3.21. The van der Waals surface area contributed by atoms with Gasteiger partial charge in [0.1, 0.15) is 12.4 Å². The summed E-state index contributed by atoms with van der Waals surface area (Å²) >= 11 is 0. The molecule has 1 amide bonds. The van der Waals surface area contributed by atoms with Crippen molar-refractivity contribution in [2.45, 2.75) is 13.2 Å². The van der Waals surface area contributed by atoms with Crippen LogP contribution >= 0.6 is 0 Å². The van der Waals surface area contributed by atoms with E-state index < -0.39 is 0 Å². The number of aromatic nitrogens is 2. The summed E-state index contributed by atoms with van der Waals surface area (Å²) in [5, 5.41) is 10.9. The molecular formula is C26H28N4O3. The highest BCUT2D eigenvalue weighted by molar-refractivity contribution is 6.07. The molecule has 0 bridgehead atoms. The van der Waals surface area contributed by atoms with Crippen LogP contribution in [0.15, 0.2) is 72.8 Å². The number of anilines is 1. The van der Waals surface area contributed by atoms with E-state index in [4.69, 9.17) is 9.47 Å². The van der Waals surface area contributed by atoms with Gasteiger partial charge in [0.15, 0.2) is 5.82 Å². The molecule has 0 aliphatic rings. The van der Waals surface area contributed by atoms with Crippen molar-refractivity contribution in [3.05, 3.63) is 89.5 Å². The summed E-state index contributed by atoms with van der Waals surface area (Å²) in [6.07, 6.45) is 0. The normalized spacial score (nSPS) is 11.1. The predicted octanol–water partition coefficient (Wildman–Crippen LogP) is 4.47. The molecule has 0 atom stereocenters. The third-order valence-electron chi connectivity index (χ3n) is 5.09. The summed E-state index contributed by atoms with van der Waals surface area (Å²) in [6, 6.07) is 23.2. The van der Waals surface area contributed by atoms with Crippen molar-refractivity contribution < 1.29 is 14.3 Å². The van der Waals surface area contributed by atoms with Crippen molar-refractivity contribution in [2.75, 3.05) is 32.6 Å². The van der Waals surface area contributed by atoms with Gasteiger partial charge >= 0.3 is 0 Å². The predicted molar refractivity (Wildman–Crippen MR) is 129 cm³/mol. The van der Waals surface area contributed by atoms with Crippen LogP contribution in [0.4, 0.5) is 5.82 Å². The zero-order valence-corrected chi connectivity index (χ0v) is 18.9. The van der Waals surface area contributed by atoms with Crippen molar-refractivity contribution in [1.82, 2.24) is 15.1 Å². The minimum absolute atomic E-state index is 0.198. The zero-order valence-electron chi connectivity index (χ0n) is 18.9. The van der Waals surface area contributed by atoms with Crippen LogP contribution in [-0.2, 0) is 17.9 Å². The third-order valence-corrected chi connectivity index (χ3v) is 5.09. The molecule has 4 aromatic rings. The van der Waals surface area contributed by atoms with Gasteiger partial charge in [0, 0.05) is 23.6 Å². The first-order valence-electron chi connectivity index (χ1n) is 10.9. The van der Waals surface area contributed by atoms with Crippen LogP contribution < -0.4 is 10.1 Å². The molecule has 0 aliphatic carbocycles. The number of nitrogens with zero attached hydrogens (tertiary/aromatic N) is 2. The smallest absolute Gasteiger partial charge is 0.256 e. The number of amides is 1. The number of ether oxygens (including phenoxy) is 2. The molecule has 3 aromatic carbocycles. The molecule has 33 heavy (non-hydrogen) atoms. The van der Waals surface area contributed by atoms with Gasteiger partial charge in [0.2, 0.25) is 0 Å². The van der Waals surface area contributed by atoms with E-state index in [0.29, 0.717) is 37.0 Å². The quantitative estimate of drug-likeness (QED) is 0.353. The Kier molecular flexibility index (Phi) is 7.34. The van der Waals surface area contributed by atoms with E-state index in [1.54, 1.807) is 0 Å². The Labute approximate surface area is 193 Å². The summed E-state index contributed by atoms with van der Waals surface area (Å²) in [6.45, 7) is 2.32. The molecule has 7 nitrogen and oxygen atoms in total. The summed E-state index contributed by atoms with van der Waals surface area (Å²) in [5.74, 6) is 1.00. The summed E-state index contributed by atoms with van der Waals surface area (Å²) < 4.78 is 11.4. The van der Waals surface area contributed by atoms with Crippen LogP contribution in [0, 0.1) is 0 Å². The number of carbonyl (C=O) groups excluding carboxylic acids is 1. The number of hydrogen-bond acceptors (Lipinski definition) is 5. The van der Waals surface area contributed by atoms with Gasteiger partial charge in [-0.1, -0.05) is 42.5 Å². The molecule has 4 rings (SSSR count). The highest BCUT2D eigenvalue weighted by Gasteiger charge is 2.12. The first-order chi connectivity index (χ1) is 16.1. The number of carbonyl (C=O) groups is 1. The van der Waals surface area contributed by atoms with Gasteiger partial charge in [-0.25, -0.2) is 0 Å². The van der Waals surface area contributed by atoms with Gasteiger partial charge in [-0.2, -0.15) is 5.10 Å². The van der Waals surface area contributed by atoms with E-state index in [9.17, 15) is 4.79 Å². The molecule has 170 valence electrons. The maximum absolute atomic E-state index is 12.6. The number of fused-ring (bicyclic) bond motifs is 1. The number of hydrogen-bond donors (Lipinski definition) is 2. The van der Waals surface area contributed by atoms with Gasteiger partial charge in [0.05, 0.1) is 18.7 Å². The summed E-state index contributed by atoms with van der Waals surface area (Å²) in [7, 11) is 4.03. The van der Waals surface area contributed by atoms with Crippen LogP contribution in [0.1, 0.15) is 21.5 Å². The maximum atomic E-state index is 12.6. The van der Waals surface area contributed by atoms with Gasteiger partial charge < -0.3 is 19.7 Å². The van der Waals surface area contributed by atoms with Gasteiger partial charge in [-0.15, -0.1) is 0 Å². The molecule has 0 spiro atoms. The van der Waals surface area contributed by atoms with Crippen molar-refractivity contribution >= 4 is 22.6 Å². The minimum Gasteiger partial charge on any atom is -0.491 e. The van der Waals surface area contributed by atoms with Crippen molar-refractivity contribution in [3.8, 4) is 5.75 Å². The maximum Gasteiger partial charge on any atom is 0.256 e. The van der Waals surface area contributed by atoms with Crippen LogP contribution in [0.5, 0.6) is 5.75 Å². The number of rotatable bonds is 10. The monoisotopic (exact) mass is 444 g/mol. The highest BCUT2D eigenvalue weighted by Crippen LogP contribution is 2.25. The lowest BCUT2D eigenvalue weighted by atomic mass is 10.1. The van der Waals surface area contributed by atoms with E-state index in [-0.39, 0.29) is 5.91 Å². The molecule has 0 radical (unpaired) electrons. The Hall–Kier alpha value is -3.68. The molecule has 1 heterocycles. The van der Waals surface area contributed by atoms with Crippen molar-refractivity contribution in [1.29, 1.82) is 0 Å². The molecule has 1 aromatic heterocycles. The highest BCUT2D eigenvalue weighted by atomic mass is 16.5. The Morgan fingerprint density at radius 1 is 0.970 bits per heavy atom. The van der Waals surface area contributed by atoms with Crippen molar-refractivity contribution in [2.24, 2.45) is 0 Å². The molecule has 0 unspecified atom stereocenters. The molecule has 0 aliphatic heterocycles. The molecule has 0 saturated carbocycles. The summed E-state index contributed by atoms with van der Waals surface area (Å²) in [4.78, 5) is 14.7. The molecule has 2 N–H and O–H groups in total.